The van der Waals surface area contributed by atoms with Crippen molar-refractivity contribution in [2.45, 2.75) is 30.4 Å². The number of sulfonamides is 1. The smallest absolute Gasteiger partial charge is 0.416 e. The molecule has 9 heteroatoms. The molecule has 0 aliphatic carbocycles. The molecule has 29 heavy (non-hydrogen) atoms. The first kappa shape index (κ1) is 19.9. The number of hydrogen-bond acceptors (Lipinski definition) is 4. The van der Waals surface area contributed by atoms with E-state index in [-0.39, 0.29) is 18.7 Å². The number of benzene rings is 2. The van der Waals surface area contributed by atoms with Crippen molar-refractivity contribution in [2.24, 2.45) is 0 Å². The van der Waals surface area contributed by atoms with Crippen molar-refractivity contribution in [1.82, 2.24) is 4.31 Å². The molecular formula is C20H18F3NO4S. The van der Waals surface area contributed by atoms with Crippen LogP contribution in [0.5, 0.6) is 0 Å². The standard InChI is InChI=1S/C20H18F3NO4S/c21-20(22,23)15-8-6-14(7-9-15)12-29(26,27)24-11-3-10-19(13-24)17-5-2-1-4-16(17)18(25)28-19/h1-2,4-9H,3,10-13H2. The first-order valence-corrected chi connectivity index (χ1v) is 10.7. The minimum Gasteiger partial charge on any atom is -0.449 e. The van der Waals surface area contributed by atoms with Crippen molar-refractivity contribution in [1.29, 1.82) is 0 Å². The van der Waals surface area contributed by atoms with Gasteiger partial charge in [-0.25, -0.2) is 13.2 Å². The van der Waals surface area contributed by atoms with Gasteiger partial charge in [0.2, 0.25) is 10.0 Å². The van der Waals surface area contributed by atoms with E-state index in [0.717, 1.165) is 12.1 Å². The van der Waals surface area contributed by atoms with Crippen LogP contribution in [0.2, 0.25) is 0 Å². The first-order valence-electron chi connectivity index (χ1n) is 9.08. The van der Waals surface area contributed by atoms with Gasteiger partial charge in [-0.05, 0) is 36.6 Å². The molecular weight excluding hydrogens is 407 g/mol. The molecule has 1 unspecified atom stereocenters. The van der Waals surface area contributed by atoms with Gasteiger partial charge in [-0.2, -0.15) is 17.5 Å². The Morgan fingerprint density at radius 1 is 1.07 bits per heavy atom. The van der Waals surface area contributed by atoms with Crippen molar-refractivity contribution in [3.8, 4) is 0 Å². The van der Waals surface area contributed by atoms with Gasteiger partial charge < -0.3 is 4.74 Å². The highest BCUT2D eigenvalue weighted by molar-refractivity contribution is 7.88. The lowest BCUT2D eigenvalue weighted by molar-refractivity contribution is -0.137. The van der Waals surface area contributed by atoms with E-state index in [1.807, 2.05) is 0 Å². The third-order valence-electron chi connectivity index (χ3n) is 5.37. The number of hydrogen-bond donors (Lipinski definition) is 0. The Hall–Kier alpha value is -2.39. The van der Waals surface area contributed by atoms with Crippen LogP contribution in [0.4, 0.5) is 13.2 Å². The highest BCUT2D eigenvalue weighted by Gasteiger charge is 2.49. The fourth-order valence-electron chi connectivity index (χ4n) is 3.96. The van der Waals surface area contributed by atoms with Gasteiger partial charge in [0.05, 0.1) is 23.4 Å². The molecule has 5 nitrogen and oxygen atoms in total. The van der Waals surface area contributed by atoms with Crippen molar-refractivity contribution >= 4 is 16.0 Å². The first-order chi connectivity index (χ1) is 13.6. The van der Waals surface area contributed by atoms with Gasteiger partial charge in [-0.15, -0.1) is 0 Å². The highest BCUT2D eigenvalue weighted by atomic mass is 32.2. The number of ether oxygens (including phenoxy) is 1. The Morgan fingerprint density at radius 2 is 1.76 bits per heavy atom. The van der Waals surface area contributed by atoms with Gasteiger partial charge >= 0.3 is 12.1 Å². The molecule has 1 saturated heterocycles. The number of fused-ring (bicyclic) bond motifs is 2. The Morgan fingerprint density at radius 3 is 2.45 bits per heavy atom. The van der Waals surface area contributed by atoms with Crippen molar-refractivity contribution in [3.05, 3.63) is 70.8 Å². The molecule has 2 aliphatic heterocycles. The fraction of sp³-hybridized carbons (Fsp3) is 0.350. The summed E-state index contributed by atoms with van der Waals surface area (Å²) < 4.78 is 70.9. The maximum absolute atomic E-state index is 12.9. The second kappa shape index (κ2) is 6.84. The molecule has 0 saturated carbocycles. The third-order valence-corrected chi connectivity index (χ3v) is 7.17. The molecule has 2 aliphatic rings. The number of halogens is 3. The maximum Gasteiger partial charge on any atom is 0.416 e. The Balaban J connectivity index is 1.56. The van der Waals surface area contributed by atoms with Crippen LogP contribution in [0.1, 0.15) is 39.9 Å². The molecule has 1 atom stereocenters. The summed E-state index contributed by atoms with van der Waals surface area (Å²) in [6, 6.07) is 11.0. The predicted molar refractivity (Wildman–Crippen MR) is 98.4 cm³/mol. The summed E-state index contributed by atoms with van der Waals surface area (Å²) in [4.78, 5) is 12.2. The van der Waals surface area contributed by atoms with Gasteiger partial charge in [-0.3, -0.25) is 0 Å². The number of nitrogens with zero attached hydrogens (tertiary/aromatic N) is 1. The van der Waals surface area contributed by atoms with E-state index in [2.05, 4.69) is 0 Å². The van der Waals surface area contributed by atoms with Gasteiger partial charge in [0.1, 0.15) is 0 Å². The van der Waals surface area contributed by atoms with Crippen LogP contribution in [0.25, 0.3) is 0 Å². The summed E-state index contributed by atoms with van der Waals surface area (Å²) in [5.41, 5.74) is -0.459. The van der Waals surface area contributed by atoms with Crippen molar-refractivity contribution in [2.75, 3.05) is 13.1 Å². The Kier molecular flexibility index (Phi) is 4.70. The van der Waals surface area contributed by atoms with Gasteiger partial charge in [0.15, 0.2) is 5.60 Å². The zero-order valence-electron chi connectivity index (χ0n) is 15.3. The summed E-state index contributed by atoms with van der Waals surface area (Å²) in [7, 11) is -3.81. The van der Waals surface area contributed by atoms with Crippen LogP contribution < -0.4 is 0 Å². The SMILES string of the molecule is O=C1OC2(CCCN(S(=O)(=O)Cc3ccc(C(F)(F)F)cc3)C2)c2ccccc21. The summed E-state index contributed by atoms with van der Waals surface area (Å²) >= 11 is 0. The molecule has 0 aromatic heterocycles. The zero-order chi connectivity index (χ0) is 20.9. The Bertz CT molecular complexity index is 1050. The van der Waals surface area contributed by atoms with Crippen LogP contribution in [0.15, 0.2) is 48.5 Å². The predicted octanol–water partition coefficient (Wildman–Crippen LogP) is 3.70. The maximum atomic E-state index is 12.9. The molecule has 2 heterocycles. The van der Waals surface area contributed by atoms with Crippen LogP contribution in [-0.4, -0.2) is 31.8 Å². The summed E-state index contributed by atoms with van der Waals surface area (Å²) in [6.07, 6.45) is -3.45. The molecule has 0 radical (unpaired) electrons. The summed E-state index contributed by atoms with van der Waals surface area (Å²) in [6.45, 7) is 0.267. The average Bonchev–Trinajstić information content (AvgIpc) is 2.93. The average molecular weight is 425 g/mol. The number of alkyl halides is 3. The topological polar surface area (TPSA) is 63.7 Å². The molecule has 1 spiro atoms. The second-order valence-corrected chi connectivity index (χ2v) is 9.29. The third kappa shape index (κ3) is 3.64. The van der Waals surface area contributed by atoms with Crippen molar-refractivity contribution in [3.63, 3.8) is 0 Å². The van der Waals surface area contributed by atoms with E-state index in [1.54, 1.807) is 24.3 Å². The van der Waals surface area contributed by atoms with E-state index < -0.39 is 39.1 Å². The van der Waals surface area contributed by atoms with Gasteiger partial charge in [0.25, 0.3) is 0 Å². The lowest BCUT2D eigenvalue weighted by Gasteiger charge is -2.38. The summed E-state index contributed by atoms with van der Waals surface area (Å²) in [5, 5.41) is 0. The van der Waals surface area contributed by atoms with Crippen LogP contribution >= 0.6 is 0 Å². The molecule has 0 bridgehead atoms. The number of carbonyl (C=O) groups excluding carboxylic acids is 1. The minimum absolute atomic E-state index is 0.00127. The Labute approximate surface area is 166 Å². The van der Waals surface area contributed by atoms with Gasteiger partial charge in [0, 0.05) is 12.1 Å². The monoisotopic (exact) mass is 425 g/mol. The van der Waals surface area contributed by atoms with Crippen LogP contribution in [0, 0.1) is 0 Å². The lowest BCUT2D eigenvalue weighted by atomic mass is 9.86. The fourth-order valence-corrected chi connectivity index (χ4v) is 5.57. The molecule has 154 valence electrons. The second-order valence-electron chi connectivity index (χ2n) is 7.32. The molecule has 0 N–H and O–H groups in total. The van der Waals surface area contributed by atoms with E-state index in [4.69, 9.17) is 4.74 Å². The molecule has 1 fully saturated rings. The van der Waals surface area contributed by atoms with E-state index in [9.17, 15) is 26.4 Å². The van der Waals surface area contributed by atoms with E-state index in [1.165, 1.54) is 16.4 Å². The largest absolute Gasteiger partial charge is 0.449 e. The van der Waals surface area contributed by atoms with Crippen molar-refractivity contribution < 1.29 is 31.1 Å². The highest BCUT2D eigenvalue weighted by Crippen LogP contribution is 2.43. The molecule has 2 aromatic rings. The molecule has 2 aromatic carbocycles. The zero-order valence-corrected chi connectivity index (χ0v) is 16.1. The van der Waals surface area contributed by atoms with E-state index >= 15 is 0 Å². The van der Waals surface area contributed by atoms with Crippen LogP contribution in [-0.2, 0) is 32.3 Å². The number of rotatable bonds is 3. The van der Waals surface area contributed by atoms with E-state index in [0.29, 0.717) is 24.0 Å². The number of esters is 1. The summed E-state index contributed by atoms with van der Waals surface area (Å²) in [5.74, 6) is -0.890. The number of piperidine rings is 1. The normalized spacial score (nSPS) is 22.5. The van der Waals surface area contributed by atoms with Gasteiger partial charge in [-0.1, -0.05) is 30.3 Å². The lowest BCUT2D eigenvalue weighted by Crippen LogP contribution is -2.49. The quantitative estimate of drug-likeness (QED) is 0.704. The van der Waals surface area contributed by atoms with Crippen LogP contribution in [0.3, 0.4) is 0 Å². The molecule has 4 rings (SSSR count). The number of carbonyl (C=O) groups is 1. The minimum atomic E-state index is -4.48. The molecule has 0 amide bonds.